The molecule has 0 saturated heterocycles. The number of benzene rings is 20. The molecule has 142 heavy (non-hydrogen) atoms. The number of hydrogen-bond acceptors (Lipinski definition) is 6. The molecule has 0 radical (unpaired) electrons. The van der Waals surface area contributed by atoms with Crippen molar-refractivity contribution in [3.63, 3.8) is 0 Å². The first kappa shape index (κ1) is 89.4. The van der Waals surface area contributed by atoms with Crippen LogP contribution in [0.4, 0.5) is 20.2 Å². The molecule has 3 aromatic heterocycles. The summed E-state index contributed by atoms with van der Waals surface area (Å²) in [4.78, 5) is 10.7. The van der Waals surface area contributed by atoms with Gasteiger partial charge in [-0.25, -0.2) is 18.5 Å². The molecule has 0 fully saturated rings. The van der Waals surface area contributed by atoms with Crippen LogP contribution in [0.5, 0.6) is 0 Å². The van der Waals surface area contributed by atoms with E-state index in [1.807, 2.05) is 115 Å². The van der Waals surface area contributed by atoms with E-state index in [4.69, 9.17) is 23.7 Å². The van der Waals surface area contributed by atoms with Crippen molar-refractivity contribution in [2.24, 2.45) is 0 Å². The largest absolute Gasteiger partial charge is 0.355 e. The number of nitrogens with one attached hydrogen (secondary N) is 1. The Hall–Kier alpha value is -20.4. The third kappa shape index (κ3) is 16.7. The predicted molar refractivity (Wildman–Crippen MR) is 570 cm³/mol. The van der Waals surface area contributed by atoms with Crippen molar-refractivity contribution in [3.8, 4) is 181 Å². The van der Waals surface area contributed by atoms with Crippen LogP contribution in [0.1, 0.15) is 40.8 Å². The summed E-state index contributed by atoms with van der Waals surface area (Å²) < 4.78 is 36.6. The second kappa shape index (κ2) is 38.9. The molecule has 0 unspecified atom stereocenters. The molecule has 0 aliphatic rings. The molecule has 13 heteroatoms. The lowest BCUT2D eigenvalue weighted by molar-refractivity contribution is 0.593. The van der Waals surface area contributed by atoms with Crippen molar-refractivity contribution in [3.05, 3.63) is 505 Å². The van der Waals surface area contributed by atoms with E-state index in [2.05, 4.69) is 309 Å². The molecule has 23 aromatic rings. The van der Waals surface area contributed by atoms with Crippen LogP contribution in [0, 0.1) is 92.8 Å². The average Bonchev–Trinajstić information content (AvgIpc) is 1.61. The molecule has 0 amide bonds. The maximum atomic E-state index is 16.0. The Kier molecular flexibility index (Phi) is 24.5. The Labute approximate surface area is 819 Å². The molecule has 0 aliphatic carbocycles. The van der Waals surface area contributed by atoms with Gasteiger partial charge in [-0.1, -0.05) is 323 Å². The minimum Gasteiger partial charge on any atom is -0.355 e. The highest BCUT2D eigenvalue weighted by Gasteiger charge is 2.34. The first-order valence-corrected chi connectivity index (χ1v) is 45.5. The third-order valence-corrected chi connectivity index (χ3v) is 26.0. The van der Waals surface area contributed by atoms with Gasteiger partial charge in [0.1, 0.15) is 23.8 Å². The molecule has 3 heterocycles. The van der Waals surface area contributed by atoms with Crippen molar-refractivity contribution >= 4 is 76.8 Å². The summed E-state index contributed by atoms with van der Waals surface area (Å²) in [5, 5.41) is 67.8. The first-order valence-electron chi connectivity index (χ1n) is 45.5. The Morgan fingerprint density at radius 2 is 0.423 bits per heavy atom. The molecule has 662 valence electrons. The van der Waals surface area contributed by atoms with Gasteiger partial charge in [-0.05, 0) is 221 Å². The van der Waals surface area contributed by atoms with Crippen LogP contribution in [-0.4, -0.2) is 14.1 Å². The fourth-order valence-electron chi connectivity index (χ4n) is 19.3. The number of nitrogens with zero attached hydrogens (tertiary/aromatic N) is 10. The fraction of sp³-hybridized carbons (Fsp3) is 0.00775. The van der Waals surface area contributed by atoms with Gasteiger partial charge in [0, 0.05) is 71.2 Å². The Morgan fingerprint density at radius 3 is 0.669 bits per heavy atom. The summed E-state index contributed by atoms with van der Waals surface area (Å²) in [6.45, 7) is 15.2. The predicted octanol–water partition coefficient (Wildman–Crippen LogP) is 34.1. The van der Waals surface area contributed by atoms with Gasteiger partial charge in [-0.15, -0.1) is 0 Å². The topological polar surface area (TPSA) is 177 Å². The standard InChI is InChI=1S/C76H44N6.C28H12F2N4.C24H17N.CH4/c1-80-62-36-30-56(31-37-62)73-67(48-79)72(55-26-22-49(46-77)23-27-55)75(81-68-38-32-58(51-14-6-2-7-15-51)42-63(68)64-43-59(33-39-69(64)81)52-16-8-3-9-17-52)74(57-28-24-50(47-78)25-29-57)76(73)82-70-40-34-60(53-18-10-4-11-19-53)44-65(70)66-45-61(35-41-71(66)82)54-20-12-5-13-21-54;1-34-22-12-10-20(11-13-22)25-23(16-33)24(19-6-2-17(14-31)3-7-19)27(29)26(28(25)30)21-8-4-18(15-32)5-9-21;1-3-7-17(8-4-1)19-11-13-23-21(15-19)22-16-20(12-14-24(22)25-23)18-9-5-2-6-10-18;/h2-45H;2-13H;1-16,25H;1H4. The van der Waals surface area contributed by atoms with Gasteiger partial charge >= 0.3 is 0 Å². The van der Waals surface area contributed by atoms with E-state index in [1.54, 1.807) is 0 Å². The second-order valence-electron chi connectivity index (χ2n) is 34.1. The molecule has 0 bridgehead atoms. The zero-order valence-corrected chi connectivity index (χ0v) is 75.3. The van der Waals surface area contributed by atoms with Gasteiger partial charge in [0.2, 0.25) is 0 Å². The summed E-state index contributed by atoms with van der Waals surface area (Å²) in [5.74, 6) is -1.85. The van der Waals surface area contributed by atoms with E-state index in [0.29, 0.717) is 61.4 Å². The van der Waals surface area contributed by atoms with E-state index < -0.39 is 11.6 Å². The molecule has 0 aliphatic heterocycles. The van der Waals surface area contributed by atoms with Crippen LogP contribution in [-0.2, 0) is 0 Å². The lowest BCUT2D eigenvalue weighted by Crippen LogP contribution is -2.11. The summed E-state index contributed by atoms with van der Waals surface area (Å²) >= 11 is 0. The number of rotatable bonds is 14. The van der Waals surface area contributed by atoms with Gasteiger partial charge in [0.15, 0.2) is 11.4 Å². The van der Waals surface area contributed by atoms with Crippen LogP contribution in [0.25, 0.3) is 220 Å². The molecule has 20 aromatic carbocycles. The van der Waals surface area contributed by atoms with Gasteiger partial charge < -0.3 is 14.1 Å². The monoisotopic (exact) mass is 1820 g/mol. The maximum Gasteiger partial charge on any atom is 0.187 e. The molecule has 23 rings (SSSR count). The quantitative estimate of drug-likeness (QED) is 0.106. The molecule has 0 atom stereocenters. The van der Waals surface area contributed by atoms with Crippen LogP contribution < -0.4 is 0 Å². The Morgan fingerprint density at radius 1 is 0.211 bits per heavy atom. The maximum absolute atomic E-state index is 16.0. The van der Waals surface area contributed by atoms with Crippen molar-refractivity contribution in [2.45, 2.75) is 7.43 Å². The minimum absolute atomic E-state index is 0. The number of hydrogen-bond donors (Lipinski definition) is 1. The summed E-state index contributed by atoms with van der Waals surface area (Å²) in [7, 11) is 0. The van der Waals surface area contributed by atoms with Gasteiger partial charge in [-0.3, -0.25) is 0 Å². The van der Waals surface area contributed by atoms with Crippen molar-refractivity contribution < 1.29 is 8.78 Å². The molecule has 1 N–H and O–H groups in total. The zero-order chi connectivity index (χ0) is 96.1. The first-order chi connectivity index (χ1) is 69.4. The summed E-state index contributed by atoms with van der Waals surface area (Å²) in [5.41, 5.74) is 28.4. The summed E-state index contributed by atoms with van der Waals surface area (Å²) in [6.07, 6.45) is 0. The van der Waals surface area contributed by atoms with Crippen LogP contribution in [0.15, 0.2) is 437 Å². The molecular weight excluding hydrogens is 1740 g/mol. The fourth-order valence-corrected chi connectivity index (χ4v) is 19.3. The van der Waals surface area contributed by atoms with E-state index in [1.165, 1.54) is 117 Å². The Balaban J connectivity index is 0.000000167. The number of H-pyrrole nitrogens is 1. The molecule has 11 nitrogen and oxygen atoms in total. The van der Waals surface area contributed by atoms with E-state index >= 15 is 8.78 Å². The zero-order valence-electron chi connectivity index (χ0n) is 75.3. The highest BCUT2D eigenvalue weighted by atomic mass is 19.1. The van der Waals surface area contributed by atoms with Crippen molar-refractivity contribution in [1.82, 2.24) is 14.1 Å². The second-order valence-corrected chi connectivity index (χ2v) is 34.1. The number of aromatic nitrogens is 3. The van der Waals surface area contributed by atoms with Crippen LogP contribution >= 0.6 is 0 Å². The van der Waals surface area contributed by atoms with Crippen molar-refractivity contribution in [2.75, 3.05) is 0 Å². The van der Waals surface area contributed by atoms with Gasteiger partial charge in [0.25, 0.3) is 0 Å². The third-order valence-electron chi connectivity index (χ3n) is 26.0. The van der Waals surface area contributed by atoms with E-state index in [0.717, 1.165) is 122 Å². The Bertz CT molecular complexity index is 8590. The number of fused-ring (bicyclic) bond motifs is 9. The summed E-state index contributed by atoms with van der Waals surface area (Å²) in [6, 6.07) is 157. The smallest absolute Gasteiger partial charge is 0.187 e. The van der Waals surface area contributed by atoms with Gasteiger partial charge in [0.05, 0.1) is 110 Å². The molecule has 0 saturated carbocycles. The number of halogens is 2. The van der Waals surface area contributed by atoms with Crippen molar-refractivity contribution in [1.29, 1.82) is 31.6 Å². The SMILES string of the molecule is C.[C-]#[N+]c1ccc(-c2c(C#N)c(-c3ccc(C#N)cc3)c(-n3c4ccc(-c5ccccc5)cc4c4cc(-c5ccccc5)ccc43)c(-c3ccc(C#N)cc3)c2-n2c3ccc(-c4ccccc4)cc3c3cc(-c4ccccc4)ccc32)cc1.[C-]#[N+]c1ccc(-c2c(F)c(-c3ccc(C#N)cc3)c(F)c(-c3ccc(C#N)cc3)c2C#N)cc1.c1ccc(-c2ccc3[nH]c4ccc(-c5ccccc5)cc4c3c2)cc1. The number of aromatic amines is 1. The normalized spacial score (nSPS) is 10.8. The van der Waals surface area contributed by atoms with Crippen LogP contribution in [0.2, 0.25) is 0 Å². The lowest BCUT2D eigenvalue weighted by atomic mass is 9.83. The van der Waals surface area contributed by atoms with E-state index in [-0.39, 0.29) is 35.2 Å². The number of nitriles is 6. The highest BCUT2D eigenvalue weighted by Crippen LogP contribution is 2.54. The van der Waals surface area contributed by atoms with Crippen LogP contribution in [0.3, 0.4) is 0 Å². The van der Waals surface area contributed by atoms with E-state index in [9.17, 15) is 21.0 Å². The molecular formula is C129H77F2N11. The lowest BCUT2D eigenvalue weighted by Gasteiger charge is -2.28. The minimum atomic E-state index is -0.926. The highest BCUT2D eigenvalue weighted by molar-refractivity contribution is 6.18. The average molecular weight is 1820 g/mol. The van der Waals surface area contributed by atoms with Gasteiger partial charge in [-0.2, -0.15) is 31.6 Å². The molecule has 0 spiro atoms.